The van der Waals surface area contributed by atoms with Crippen molar-refractivity contribution in [1.29, 1.82) is 0 Å². The minimum Gasteiger partial charge on any atom is -0.374 e. The van der Waals surface area contributed by atoms with Gasteiger partial charge in [-0.2, -0.15) is 0 Å². The number of nitrogens with one attached hydrogen (secondary N) is 2. The molecule has 122 valence electrons. The van der Waals surface area contributed by atoms with Crippen LogP contribution in [-0.2, 0) is 9.84 Å². The first kappa shape index (κ1) is 16.7. The molecule has 7 nitrogen and oxygen atoms in total. The van der Waals surface area contributed by atoms with Crippen LogP contribution >= 0.6 is 0 Å². The average Bonchev–Trinajstić information content (AvgIpc) is 2.91. The molecule has 1 aromatic rings. The highest BCUT2D eigenvalue weighted by Crippen LogP contribution is 2.27. The molecule has 1 saturated heterocycles. The van der Waals surface area contributed by atoms with Crippen molar-refractivity contribution >= 4 is 21.2 Å². The van der Waals surface area contributed by atoms with Crippen LogP contribution in [0.3, 0.4) is 0 Å². The third-order valence-corrected chi connectivity index (χ3v) is 5.33. The Morgan fingerprint density at radius 1 is 1.45 bits per heavy atom. The van der Waals surface area contributed by atoms with Crippen LogP contribution in [0.4, 0.5) is 11.4 Å². The van der Waals surface area contributed by atoms with Crippen LogP contribution in [-0.4, -0.2) is 45.3 Å². The number of nitrogens with zero attached hydrogens (tertiary/aromatic N) is 1. The number of hydrogen-bond acceptors (Lipinski definition) is 5. The van der Waals surface area contributed by atoms with Gasteiger partial charge in [0.15, 0.2) is 9.84 Å². The van der Waals surface area contributed by atoms with Crippen LogP contribution in [0.15, 0.2) is 23.1 Å². The van der Waals surface area contributed by atoms with Gasteiger partial charge < -0.3 is 10.2 Å². The summed E-state index contributed by atoms with van der Waals surface area (Å²) in [4.78, 5) is 12.1. The van der Waals surface area contributed by atoms with E-state index in [1.807, 2.05) is 0 Å². The van der Waals surface area contributed by atoms with Crippen LogP contribution in [0.2, 0.25) is 0 Å². The zero-order valence-electron chi connectivity index (χ0n) is 12.8. The predicted octanol–water partition coefficient (Wildman–Crippen LogP) is 0.477. The summed E-state index contributed by atoms with van der Waals surface area (Å²) in [6, 6.07) is 4.45. The molecular formula is C14H22N3O4S+. The van der Waals surface area contributed by atoms with Gasteiger partial charge >= 0.3 is 0 Å². The highest BCUT2D eigenvalue weighted by atomic mass is 32.2. The van der Waals surface area contributed by atoms with Crippen molar-refractivity contribution in [2.75, 3.05) is 31.2 Å². The molecule has 0 aliphatic carbocycles. The molecule has 1 aromatic carbocycles. The van der Waals surface area contributed by atoms with Gasteiger partial charge in [0.1, 0.15) is 11.7 Å². The maximum Gasteiger partial charge on any atom is 0.293 e. The third kappa shape index (κ3) is 3.75. The number of nitro groups is 1. The largest absolute Gasteiger partial charge is 0.374 e. The third-order valence-electron chi connectivity index (χ3n) is 4.21. The smallest absolute Gasteiger partial charge is 0.293 e. The number of rotatable bonds is 6. The quantitative estimate of drug-likeness (QED) is 0.585. The Hall–Kier alpha value is -1.67. The Balaban J connectivity index is 2.18. The molecule has 0 radical (unpaired) electrons. The first-order valence-corrected chi connectivity index (χ1v) is 9.29. The number of likely N-dealkylation sites (tertiary alicyclic amines) is 1. The molecule has 1 aliphatic heterocycles. The normalized spacial score (nSPS) is 21.7. The molecule has 1 heterocycles. The Bertz CT molecular complexity index is 660. The van der Waals surface area contributed by atoms with E-state index in [0.29, 0.717) is 18.3 Å². The van der Waals surface area contributed by atoms with E-state index < -0.39 is 14.8 Å². The molecule has 0 amide bonds. The predicted molar refractivity (Wildman–Crippen MR) is 84.1 cm³/mol. The van der Waals surface area contributed by atoms with Crippen molar-refractivity contribution < 1.29 is 18.2 Å². The number of sulfone groups is 1. The summed E-state index contributed by atoms with van der Waals surface area (Å²) in [7, 11) is -3.46. The van der Waals surface area contributed by atoms with Crippen molar-refractivity contribution in [3.8, 4) is 0 Å². The summed E-state index contributed by atoms with van der Waals surface area (Å²) in [6.07, 6.45) is 3.32. The lowest BCUT2D eigenvalue weighted by atomic mass is 10.2. The topological polar surface area (TPSA) is 93.8 Å². The number of hydrogen-bond donors (Lipinski definition) is 2. The lowest BCUT2D eigenvalue weighted by molar-refractivity contribution is -0.908. The summed E-state index contributed by atoms with van der Waals surface area (Å²) in [5.41, 5.74) is 0.179. The fraction of sp³-hybridized carbons (Fsp3) is 0.571. The van der Waals surface area contributed by atoms with Crippen LogP contribution in [0.1, 0.15) is 19.8 Å². The molecule has 0 aromatic heterocycles. The molecule has 0 spiro atoms. The second-order valence-corrected chi connectivity index (χ2v) is 7.71. The Morgan fingerprint density at radius 2 is 2.18 bits per heavy atom. The minimum atomic E-state index is -3.46. The van der Waals surface area contributed by atoms with Gasteiger partial charge in [0.25, 0.3) is 5.69 Å². The van der Waals surface area contributed by atoms with Crippen molar-refractivity contribution in [1.82, 2.24) is 0 Å². The Morgan fingerprint density at radius 3 is 2.77 bits per heavy atom. The number of anilines is 1. The van der Waals surface area contributed by atoms with E-state index in [2.05, 4.69) is 12.2 Å². The maximum atomic E-state index is 11.5. The van der Waals surface area contributed by atoms with Crippen molar-refractivity contribution in [2.24, 2.45) is 0 Å². The Labute approximate surface area is 130 Å². The SMILES string of the molecule is CC[NH+]1CCC[C@@H]1CNc1ccc(S(C)(=O)=O)cc1[N+](=O)[O-]. The summed E-state index contributed by atoms with van der Waals surface area (Å²) < 4.78 is 23.0. The van der Waals surface area contributed by atoms with Crippen LogP contribution in [0, 0.1) is 10.1 Å². The second kappa shape index (κ2) is 6.62. The van der Waals surface area contributed by atoms with E-state index in [4.69, 9.17) is 0 Å². The van der Waals surface area contributed by atoms with Crippen LogP contribution in [0.5, 0.6) is 0 Å². The first-order valence-electron chi connectivity index (χ1n) is 7.40. The fourth-order valence-electron chi connectivity index (χ4n) is 2.97. The zero-order chi connectivity index (χ0) is 16.3. The zero-order valence-corrected chi connectivity index (χ0v) is 13.6. The number of likely N-dealkylation sites (N-methyl/N-ethyl adjacent to an activating group) is 1. The van der Waals surface area contributed by atoms with E-state index in [0.717, 1.165) is 31.8 Å². The van der Waals surface area contributed by atoms with Crippen molar-refractivity contribution in [3.05, 3.63) is 28.3 Å². The van der Waals surface area contributed by atoms with Gasteiger partial charge in [-0.05, 0) is 19.1 Å². The van der Waals surface area contributed by atoms with Gasteiger partial charge in [0.05, 0.1) is 29.5 Å². The van der Waals surface area contributed by atoms with Crippen LogP contribution in [0.25, 0.3) is 0 Å². The van der Waals surface area contributed by atoms with E-state index in [1.165, 1.54) is 23.5 Å². The van der Waals surface area contributed by atoms with Gasteiger partial charge in [-0.1, -0.05) is 0 Å². The average molecular weight is 328 g/mol. The summed E-state index contributed by atoms with van der Waals surface area (Å²) in [5, 5.41) is 14.3. The van der Waals surface area contributed by atoms with E-state index in [9.17, 15) is 18.5 Å². The van der Waals surface area contributed by atoms with Crippen molar-refractivity contribution in [3.63, 3.8) is 0 Å². The lowest BCUT2D eigenvalue weighted by Crippen LogP contribution is -3.14. The lowest BCUT2D eigenvalue weighted by Gasteiger charge is -2.20. The summed E-state index contributed by atoms with van der Waals surface area (Å²) in [5.74, 6) is 0. The van der Waals surface area contributed by atoms with Gasteiger partial charge in [-0.15, -0.1) is 0 Å². The molecule has 1 fully saturated rings. The minimum absolute atomic E-state index is 0.0357. The number of benzene rings is 1. The monoisotopic (exact) mass is 328 g/mol. The van der Waals surface area contributed by atoms with Crippen molar-refractivity contribution in [2.45, 2.75) is 30.7 Å². The standard InChI is InChI=1S/C14H21N3O4S/c1-3-16-8-4-5-11(16)10-15-13-7-6-12(22(2,20)21)9-14(13)17(18)19/h6-7,9,11,15H,3-5,8,10H2,1-2H3/p+1/t11-/m1/s1. The number of nitro benzene ring substituents is 1. The highest BCUT2D eigenvalue weighted by molar-refractivity contribution is 7.90. The Kier molecular flexibility index (Phi) is 5.02. The molecule has 1 unspecified atom stereocenters. The molecule has 22 heavy (non-hydrogen) atoms. The van der Waals surface area contributed by atoms with Gasteiger partial charge in [-0.25, -0.2) is 8.42 Å². The first-order chi connectivity index (χ1) is 10.3. The van der Waals surface area contributed by atoms with E-state index >= 15 is 0 Å². The van der Waals surface area contributed by atoms with Crippen LogP contribution < -0.4 is 10.2 Å². The van der Waals surface area contributed by atoms with E-state index in [-0.39, 0.29) is 10.6 Å². The maximum absolute atomic E-state index is 11.5. The van der Waals surface area contributed by atoms with E-state index in [1.54, 1.807) is 0 Å². The summed E-state index contributed by atoms with van der Waals surface area (Å²) >= 11 is 0. The van der Waals surface area contributed by atoms with Gasteiger partial charge in [0.2, 0.25) is 0 Å². The second-order valence-electron chi connectivity index (χ2n) is 5.69. The molecule has 1 aliphatic rings. The molecule has 2 rings (SSSR count). The molecular weight excluding hydrogens is 306 g/mol. The highest BCUT2D eigenvalue weighted by Gasteiger charge is 2.27. The summed E-state index contributed by atoms with van der Waals surface area (Å²) in [6.45, 7) is 4.97. The molecule has 0 bridgehead atoms. The molecule has 2 N–H and O–H groups in total. The van der Waals surface area contributed by atoms with Gasteiger partial charge in [0, 0.05) is 25.2 Å². The molecule has 0 saturated carbocycles. The van der Waals surface area contributed by atoms with Gasteiger partial charge in [-0.3, -0.25) is 10.1 Å². The number of quaternary nitrogens is 1. The molecule has 8 heteroatoms. The fourth-order valence-corrected chi connectivity index (χ4v) is 3.61. The molecule has 2 atom stereocenters.